The number of aliphatic carboxylic acids is 1. The zero-order chi connectivity index (χ0) is 78.6. The van der Waals surface area contributed by atoms with Gasteiger partial charge in [0.05, 0.1) is 55.4 Å². The van der Waals surface area contributed by atoms with Crippen LogP contribution >= 0.6 is 11.6 Å². The molecule has 4 aliphatic rings. The van der Waals surface area contributed by atoms with E-state index in [1.807, 2.05) is 39.8 Å². The predicted octanol–water partition coefficient (Wildman–Crippen LogP) is 5.76. The number of anilines is 1. The number of primary amides is 2. The molecule has 4 saturated heterocycles. The third-order valence-corrected chi connectivity index (χ3v) is 17.9. The Morgan fingerprint density at radius 1 is 0.486 bits per heavy atom. The molecule has 34 heteroatoms. The van der Waals surface area contributed by atoms with Crippen molar-refractivity contribution in [2.75, 3.05) is 45.7 Å². The first-order chi connectivity index (χ1) is 50.1. The number of halogens is 9. The van der Waals surface area contributed by atoms with Gasteiger partial charge < -0.3 is 61.7 Å². The number of benzene rings is 4. The Bertz CT molecular complexity index is 3950. The number of ether oxygens (including phenoxy) is 2. The zero-order valence-corrected chi connectivity index (χ0v) is 66.4. The molecule has 0 saturated carbocycles. The van der Waals surface area contributed by atoms with Crippen LogP contribution in [0.1, 0.15) is 200 Å². The van der Waals surface area contributed by atoms with Crippen molar-refractivity contribution in [2.24, 2.45) is 35.1 Å². The molecule has 0 spiro atoms. The minimum Gasteiger partial charge on any atom is -0.870 e. The van der Waals surface area contributed by atoms with E-state index in [0.717, 1.165) is 61.9 Å². The SMILES string of the molecule is CC1CCC(c2ccc(C(F)F)cc2)N(C(=O)C(=O)Nc2cncc(C(N)=O)c2)C1.CC1CCC(c2ccc(C(F)F)cc2)N(C(=O)C(=O)[O-])C1.CC1CCC(c2ccc(C(F)F)cc2)NC1.COC(=O)C(=O)Cl.COC(=O)C(=O)N1CC(C)CCC1c1ccc(C(F)F)cc1.Cc1cncc(C(N)=O)c1.[Na+].[Na+].[OH-]. The van der Waals surface area contributed by atoms with Crippen molar-refractivity contribution in [2.45, 2.75) is 136 Å². The Hall–Kier alpha value is -8.27. The Morgan fingerprint density at radius 2 is 0.826 bits per heavy atom. The van der Waals surface area contributed by atoms with E-state index in [4.69, 9.17) is 11.5 Å². The minimum atomic E-state index is -2.57. The molecule has 0 bridgehead atoms. The maximum absolute atomic E-state index is 12.9. The van der Waals surface area contributed by atoms with E-state index in [0.29, 0.717) is 61.6 Å². The van der Waals surface area contributed by atoms with Gasteiger partial charge in [-0.1, -0.05) is 125 Å². The van der Waals surface area contributed by atoms with Crippen LogP contribution in [0, 0.1) is 30.6 Å². The van der Waals surface area contributed by atoms with Gasteiger partial charge in [-0.25, -0.2) is 44.7 Å². The van der Waals surface area contributed by atoms with Gasteiger partial charge >= 0.3 is 94.0 Å². The standard InChI is InChI=1S/C21H22F2N4O3.C16H19F2NO3.C15H17F2NO3.C13H17F2N.C7H8N2O.C3H3ClO3.2Na.H2O/c1-12-2-7-17(13-3-5-14(6-4-13)18(22)23)27(11-12)21(30)20(29)26-16-8-15(19(24)28)9-25-10-16;1-10-3-8-13(19(9-10)15(20)16(21)22-2)11-4-6-12(7-5-11)14(17)18;1-9-2-7-12(18(8-9)14(19)15(20)21)10-3-5-11(6-4-10)13(16)17;1-9-2-7-12(16-8-9)10-3-5-11(6-4-10)13(14)15;1-5-2-6(7(8)10)4-9-3-5;1-7-3(6)2(4)5;;;/h3-6,8-10,12,17-18H,2,7,11H2,1H3,(H2,24,28)(H,26,29);4-7,10,13-14H,3,8-9H2,1-2H3;3-6,9,12-13H,2,7-8H2,1H3,(H,20,21);3-6,9,12-13,16H,2,7-8H2,1H3;2-4H,1H3,(H2,8,10);1H3;;;1H2/q;;;;;;2*+1;/p-2. The Labute approximate surface area is 675 Å². The molecular formula is C75H86ClF8N9Na2O14. The van der Waals surface area contributed by atoms with Crippen molar-refractivity contribution >= 4 is 75.9 Å². The third kappa shape index (κ3) is 30.5. The largest absolute Gasteiger partial charge is 1.00 e. The number of carboxylic acid groups (broad SMARTS) is 1. The summed E-state index contributed by atoms with van der Waals surface area (Å²) in [5.74, 6) is -6.76. The number of carbonyl (C=O) groups excluding carboxylic acids is 10. The van der Waals surface area contributed by atoms with Crippen molar-refractivity contribution in [1.82, 2.24) is 30.0 Å². The molecule has 4 aromatic carbocycles. The van der Waals surface area contributed by atoms with E-state index in [1.54, 1.807) is 36.5 Å². The average Bonchev–Trinajstić information content (AvgIpc) is 0.818. The molecule has 23 nitrogen and oxygen atoms in total. The number of likely N-dealkylation sites (tertiary alicyclic amines) is 3. The quantitative estimate of drug-likeness (QED) is 0.0372. The maximum atomic E-state index is 12.9. The summed E-state index contributed by atoms with van der Waals surface area (Å²) >= 11 is 4.61. The summed E-state index contributed by atoms with van der Waals surface area (Å²) in [5, 5.41) is 15.6. The second-order valence-corrected chi connectivity index (χ2v) is 26.3. The number of aryl methyl sites for hydroxylation is 1. The number of carboxylic acids is 1. The second-order valence-electron chi connectivity index (χ2n) is 25.9. The van der Waals surface area contributed by atoms with Crippen molar-refractivity contribution in [1.29, 1.82) is 0 Å². The van der Waals surface area contributed by atoms with Crippen LogP contribution in [0.3, 0.4) is 0 Å². The predicted molar refractivity (Wildman–Crippen MR) is 374 cm³/mol. The number of pyridine rings is 2. The number of esters is 2. The molecule has 10 rings (SSSR count). The van der Waals surface area contributed by atoms with Gasteiger partial charge in [-0.3, -0.25) is 43.5 Å². The first-order valence-corrected chi connectivity index (χ1v) is 34.0. The Morgan fingerprint density at radius 3 is 1.13 bits per heavy atom. The van der Waals surface area contributed by atoms with Crippen molar-refractivity contribution in [3.63, 3.8) is 0 Å². The number of hydrogen-bond acceptors (Lipinski definition) is 17. The normalized spacial score (nSPS) is 19.1. The first-order valence-electron chi connectivity index (χ1n) is 33.7. The van der Waals surface area contributed by atoms with E-state index in [9.17, 15) is 88.2 Å². The number of nitrogens with one attached hydrogen (secondary N) is 2. The number of rotatable bonds is 12. The summed E-state index contributed by atoms with van der Waals surface area (Å²) in [4.78, 5) is 125. The van der Waals surface area contributed by atoms with E-state index in [-0.39, 0.29) is 128 Å². The van der Waals surface area contributed by atoms with Crippen molar-refractivity contribution < 1.29 is 162 Å². The second kappa shape index (κ2) is 47.7. The van der Waals surface area contributed by atoms with E-state index in [1.165, 1.54) is 114 Å². The van der Waals surface area contributed by atoms with E-state index >= 15 is 0 Å². The summed E-state index contributed by atoms with van der Waals surface area (Å²) < 4.78 is 109. The molecule has 0 radical (unpaired) electrons. The molecule has 6 aromatic rings. The fraction of sp³-hybridized carbons (Fsp3) is 0.413. The maximum Gasteiger partial charge on any atom is 1.00 e. The number of nitrogens with two attached hydrogens (primary N) is 2. The smallest absolute Gasteiger partial charge is 0.870 e. The number of hydrogen-bond donors (Lipinski definition) is 4. The van der Waals surface area contributed by atoms with Gasteiger partial charge in [0, 0.05) is 66.5 Å². The van der Waals surface area contributed by atoms with Gasteiger partial charge in [-0.15, -0.1) is 0 Å². The average molecular weight is 1570 g/mol. The first kappa shape index (κ1) is 96.8. The number of amides is 6. The Balaban J connectivity index is 0.000000463. The number of piperidine rings is 4. The van der Waals surface area contributed by atoms with Crippen LogP contribution in [-0.4, -0.2) is 129 Å². The van der Waals surface area contributed by atoms with Gasteiger partial charge in [0.2, 0.25) is 11.8 Å². The molecule has 4 aliphatic heterocycles. The van der Waals surface area contributed by atoms with E-state index < -0.39 is 90.3 Å². The van der Waals surface area contributed by atoms with Crippen LogP contribution in [0.5, 0.6) is 0 Å². The van der Waals surface area contributed by atoms with Gasteiger partial charge in [0.15, 0.2) is 0 Å². The van der Waals surface area contributed by atoms with Crippen LogP contribution in [0.4, 0.5) is 40.8 Å². The van der Waals surface area contributed by atoms with Crippen molar-refractivity contribution in [3.8, 4) is 0 Å². The van der Waals surface area contributed by atoms with Crippen LogP contribution in [-0.2, 0) is 47.8 Å². The minimum absolute atomic E-state index is 0. The molecule has 6 amide bonds. The van der Waals surface area contributed by atoms with Crippen LogP contribution < -0.4 is 86.3 Å². The molecular weight excluding hydrogens is 1480 g/mol. The molecule has 109 heavy (non-hydrogen) atoms. The summed E-state index contributed by atoms with van der Waals surface area (Å²) in [6.07, 6.45) is 2.49. The molecule has 0 aliphatic carbocycles. The molecule has 2 aromatic heterocycles. The summed E-state index contributed by atoms with van der Waals surface area (Å²) in [6, 6.07) is 26.4. The Kier molecular flexibility index (Phi) is 42.4. The molecule has 6 heterocycles. The summed E-state index contributed by atoms with van der Waals surface area (Å²) in [6.45, 7) is 12.2. The number of aromatic nitrogens is 2. The third-order valence-electron chi connectivity index (χ3n) is 17.7. The van der Waals surface area contributed by atoms with E-state index in [2.05, 4.69) is 48.6 Å². The number of nitrogens with zero attached hydrogens (tertiary/aromatic N) is 5. The van der Waals surface area contributed by atoms with Gasteiger partial charge in [0.25, 0.3) is 31.6 Å². The molecule has 4 fully saturated rings. The van der Waals surface area contributed by atoms with Crippen LogP contribution in [0.15, 0.2) is 134 Å². The van der Waals surface area contributed by atoms with Gasteiger partial charge in [-0.2, -0.15) is 0 Å². The number of carbonyl (C=O) groups is 10. The molecule has 8 atom stereocenters. The monoisotopic (exact) mass is 1570 g/mol. The van der Waals surface area contributed by atoms with Crippen LogP contribution in [0.2, 0.25) is 0 Å². The summed E-state index contributed by atoms with van der Waals surface area (Å²) in [7, 11) is 2.25. The van der Waals surface area contributed by atoms with Crippen LogP contribution in [0.25, 0.3) is 0 Å². The molecule has 580 valence electrons. The zero-order valence-electron chi connectivity index (χ0n) is 61.7. The summed E-state index contributed by atoms with van der Waals surface area (Å²) in [5.41, 5.74) is 15.0. The fourth-order valence-electron chi connectivity index (χ4n) is 12.0. The number of methoxy groups -OCH3 is 2. The topological polar surface area (TPSA) is 354 Å². The molecule has 7 N–H and O–H groups in total. The van der Waals surface area contributed by atoms with Gasteiger partial charge in [-0.05, 0) is 140 Å². The molecule has 8 unspecified atom stereocenters. The van der Waals surface area contributed by atoms with Gasteiger partial charge in [0.1, 0.15) is 5.97 Å². The number of alkyl halides is 8. The van der Waals surface area contributed by atoms with Crippen molar-refractivity contribution in [3.05, 3.63) is 195 Å². The fourth-order valence-corrected chi connectivity index (χ4v) is 12.0.